The summed E-state index contributed by atoms with van der Waals surface area (Å²) in [5, 5.41) is 10.1. The zero-order valence-corrected chi connectivity index (χ0v) is 21.8. The number of ether oxygens (including phenoxy) is 1. The zero-order chi connectivity index (χ0) is 26.0. The molecule has 2 unspecified atom stereocenters. The summed E-state index contributed by atoms with van der Waals surface area (Å²) in [7, 11) is 0. The Hall–Kier alpha value is -1.56. The van der Waals surface area contributed by atoms with Crippen LogP contribution >= 0.6 is 0 Å². The highest BCUT2D eigenvalue weighted by molar-refractivity contribution is 5.75. The minimum atomic E-state index is -4.96. The van der Waals surface area contributed by atoms with Crippen molar-refractivity contribution >= 4 is 5.97 Å². The average molecular weight is 497 g/mol. The summed E-state index contributed by atoms with van der Waals surface area (Å²) in [6, 6.07) is 0. The second kappa shape index (κ2) is 10.8. The zero-order valence-electron chi connectivity index (χ0n) is 21.8. The van der Waals surface area contributed by atoms with Crippen LogP contribution in [-0.4, -0.2) is 29.0 Å². The van der Waals surface area contributed by atoms with Gasteiger partial charge in [0.1, 0.15) is 6.10 Å². The van der Waals surface area contributed by atoms with Crippen molar-refractivity contribution in [3.63, 3.8) is 0 Å². The van der Waals surface area contributed by atoms with Crippen molar-refractivity contribution < 1.29 is 27.8 Å². The molecule has 0 radical (unpaired) electrons. The summed E-state index contributed by atoms with van der Waals surface area (Å²) in [6.45, 7) is 12.7. The van der Waals surface area contributed by atoms with Crippen LogP contribution in [0.5, 0.6) is 0 Å². The van der Waals surface area contributed by atoms with E-state index in [1.165, 1.54) is 24.8 Å². The van der Waals surface area contributed by atoms with Gasteiger partial charge >= 0.3 is 12.1 Å². The van der Waals surface area contributed by atoms with Gasteiger partial charge in [-0.3, -0.25) is 0 Å². The maximum Gasteiger partial charge on any atom is 0.490 e. The van der Waals surface area contributed by atoms with Gasteiger partial charge in [0, 0.05) is 6.42 Å². The van der Waals surface area contributed by atoms with E-state index in [0.717, 1.165) is 43.3 Å². The number of carbonyl (C=O) groups excluding carboxylic acids is 1. The molecular formula is C29H43F3O3. The van der Waals surface area contributed by atoms with E-state index in [9.17, 15) is 23.1 Å². The van der Waals surface area contributed by atoms with Crippen molar-refractivity contribution in [3.8, 4) is 0 Å². The molecule has 0 saturated heterocycles. The van der Waals surface area contributed by atoms with E-state index in [0.29, 0.717) is 30.6 Å². The topological polar surface area (TPSA) is 46.5 Å². The molecule has 35 heavy (non-hydrogen) atoms. The highest BCUT2D eigenvalue weighted by atomic mass is 19.4. The predicted octanol–water partition coefficient (Wildman–Crippen LogP) is 7.85. The molecule has 3 aliphatic rings. The van der Waals surface area contributed by atoms with Gasteiger partial charge in [-0.2, -0.15) is 13.2 Å². The summed E-state index contributed by atoms with van der Waals surface area (Å²) >= 11 is 0. The van der Waals surface area contributed by atoms with Gasteiger partial charge in [-0.15, -0.1) is 0 Å². The van der Waals surface area contributed by atoms with Crippen molar-refractivity contribution in [2.45, 2.75) is 116 Å². The van der Waals surface area contributed by atoms with Crippen molar-refractivity contribution in [2.24, 2.45) is 23.2 Å². The van der Waals surface area contributed by atoms with Crippen LogP contribution in [0.3, 0.4) is 0 Å². The average Bonchev–Trinajstić information content (AvgIpc) is 3.10. The third-order valence-corrected chi connectivity index (χ3v) is 8.85. The normalized spacial score (nSPS) is 33.1. The van der Waals surface area contributed by atoms with E-state index in [1.54, 1.807) is 0 Å². The number of esters is 1. The Kier molecular flexibility index (Phi) is 8.66. The van der Waals surface area contributed by atoms with E-state index in [4.69, 9.17) is 4.74 Å². The molecule has 1 N–H and O–H groups in total. The van der Waals surface area contributed by atoms with Gasteiger partial charge in [-0.1, -0.05) is 56.6 Å². The third kappa shape index (κ3) is 7.02. The highest BCUT2D eigenvalue weighted by Gasteiger charge is 2.50. The summed E-state index contributed by atoms with van der Waals surface area (Å²) < 4.78 is 42.6. The number of aliphatic hydroxyl groups is 1. The predicted molar refractivity (Wildman–Crippen MR) is 133 cm³/mol. The first-order valence-corrected chi connectivity index (χ1v) is 13.3. The Morgan fingerprint density at radius 2 is 1.94 bits per heavy atom. The number of alkyl halides is 3. The first-order chi connectivity index (χ1) is 16.2. The lowest BCUT2D eigenvalue weighted by Crippen LogP contribution is -2.36. The Morgan fingerprint density at radius 3 is 2.60 bits per heavy atom. The van der Waals surface area contributed by atoms with Crippen LogP contribution in [0.15, 0.2) is 35.5 Å². The summed E-state index contributed by atoms with van der Waals surface area (Å²) in [6.07, 6.45) is 8.55. The molecule has 3 saturated carbocycles. The van der Waals surface area contributed by atoms with Crippen molar-refractivity contribution in [3.05, 3.63) is 35.5 Å². The maximum atomic E-state index is 12.6. The number of fused-ring (bicyclic) bond motifs is 1. The van der Waals surface area contributed by atoms with Crippen LogP contribution in [-0.2, 0) is 9.53 Å². The third-order valence-electron chi connectivity index (χ3n) is 8.85. The lowest BCUT2D eigenvalue weighted by Gasteiger charge is -2.44. The van der Waals surface area contributed by atoms with E-state index in [2.05, 4.69) is 26.5 Å². The number of halogens is 3. The van der Waals surface area contributed by atoms with Crippen LogP contribution in [0.4, 0.5) is 13.2 Å². The van der Waals surface area contributed by atoms with E-state index in [1.807, 2.05) is 19.9 Å². The fraction of sp³-hybridized carbons (Fsp3) is 0.759. The molecule has 0 heterocycles. The molecule has 0 aromatic heterocycles. The Balaban J connectivity index is 1.68. The molecule has 3 aliphatic carbocycles. The number of allylic oxidation sites excluding steroid dienone is 4. The second-order valence-electron chi connectivity index (χ2n) is 12.1. The quantitative estimate of drug-likeness (QED) is 0.365. The van der Waals surface area contributed by atoms with Crippen LogP contribution in [0.25, 0.3) is 0 Å². The van der Waals surface area contributed by atoms with Crippen LogP contribution < -0.4 is 0 Å². The molecule has 0 amide bonds. The molecule has 3 rings (SSSR count). The number of hydrogen-bond donors (Lipinski definition) is 1. The van der Waals surface area contributed by atoms with Gasteiger partial charge in [-0.25, -0.2) is 4.79 Å². The summed E-state index contributed by atoms with van der Waals surface area (Å²) in [5.74, 6) is -0.288. The first kappa shape index (κ1) is 28.0. The van der Waals surface area contributed by atoms with Gasteiger partial charge in [0.15, 0.2) is 0 Å². The molecular weight excluding hydrogens is 453 g/mol. The molecule has 3 nitrogen and oxygen atoms in total. The smallest absolute Gasteiger partial charge is 0.455 e. The first-order valence-electron chi connectivity index (χ1n) is 13.3. The van der Waals surface area contributed by atoms with Gasteiger partial charge in [-0.05, 0) is 94.0 Å². The minimum absolute atomic E-state index is 0.269. The molecule has 0 aromatic rings. The Bertz CT molecular complexity index is 848. The van der Waals surface area contributed by atoms with Gasteiger partial charge in [0.25, 0.3) is 0 Å². The summed E-state index contributed by atoms with van der Waals surface area (Å²) in [4.78, 5) is 11.3. The number of carbonyl (C=O) groups is 1. The highest BCUT2D eigenvalue weighted by Crippen LogP contribution is 2.60. The fourth-order valence-corrected chi connectivity index (χ4v) is 6.97. The van der Waals surface area contributed by atoms with Crippen LogP contribution in [0, 0.1) is 23.2 Å². The Labute approximate surface area is 208 Å². The summed E-state index contributed by atoms with van der Waals surface area (Å²) in [5.41, 5.74) is 2.92. The molecule has 0 aliphatic heterocycles. The monoisotopic (exact) mass is 496 g/mol. The Morgan fingerprint density at radius 1 is 1.23 bits per heavy atom. The fourth-order valence-electron chi connectivity index (χ4n) is 6.97. The van der Waals surface area contributed by atoms with Gasteiger partial charge < -0.3 is 9.84 Å². The lowest BCUT2D eigenvalue weighted by atomic mass is 9.60. The minimum Gasteiger partial charge on any atom is -0.455 e. The molecule has 198 valence electrons. The van der Waals surface area contributed by atoms with Gasteiger partial charge in [0.2, 0.25) is 0 Å². The van der Waals surface area contributed by atoms with Crippen molar-refractivity contribution in [1.82, 2.24) is 0 Å². The molecule has 6 heteroatoms. The van der Waals surface area contributed by atoms with E-state index < -0.39 is 23.9 Å². The van der Waals surface area contributed by atoms with Crippen LogP contribution in [0.2, 0.25) is 0 Å². The number of rotatable bonds is 7. The van der Waals surface area contributed by atoms with Crippen LogP contribution in [0.1, 0.15) is 98.3 Å². The molecule has 0 bridgehead atoms. The standard InChI is InChI=1S/C29H43F3O3/c1-19-10-13-23(35-26(33)29(30,31)32)18-22(19)12-11-21-9-7-17-28(5)24(14-15-25(21)28)20(2)8-6-16-27(3,4)34/h11-12,20,23-25,34H,1,6-10,13-18H2,2-5H3/b21-11+,22-12-/t20-,23-,24+,25?,28?/m0/s1. The molecule has 0 aromatic carbocycles. The SMILES string of the molecule is C=C1CC[C@H](OC(=O)C(F)(F)F)C/C1=C/C=C1\CCCC2(C)C1CC[C@@H]2[C@@H](C)CCCC(C)(C)O. The molecule has 0 spiro atoms. The lowest BCUT2D eigenvalue weighted by molar-refractivity contribution is -0.205. The molecule has 5 atom stereocenters. The molecule has 3 fully saturated rings. The van der Waals surface area contributed by atoms with Gasteiger partial charge in [0.05, 0.1) is 5.60 Å². The maximum absolute atomic E-state index is 12.6. The number of hydrogen-bond acceptors (Lipinski definition) is 3. The second-order valence-corrected chi connectivity index (χ2v) is 12.1. The van der Waals surface area contributed by atoms with E-state index in [-0.39, 0.29) is 11.8 Å². The van der Waals surface area contributed by atoms with Crippen molar-refractivity contribution in [2.75, 3.05) is 0 Å². The van der Waals surface area contributed by atoms with E-state index >= 15 is 0 Å². The van der Waals surface area contributed by atoms with Crippen molar-refractivity contribution in [1.29, 1.82) is 0 Å². The largest absolute Gasteiger partial charge is 0.490 e.